The van der Waals surface area contributed by atoms with Gasteiger partial charge in [-0.2, -0.15) is 0 Å². The number of nitrogens with one attached hydrogen (secondary N) is 1. The molecule has 0 radical (unpaired) electrons. The van der Waals surface area contributed by atoms with Crippen molar-refractivity contribution in [2.75, 3.05) is 26.2 Å². The average Bonchev–Trinajstić information content (AvgIpc) is 3.05. The highest BCUT2D eigenvalue weighted by molar-refractivity contribution is 7.10. The summed E-state index contributed by atoms with van der Waals surface area (Å²) >= 11 is 1.55. The maximum atomic E-state index is 11.6. The Labute approximate surface area is 143 Å². The number of hydrogen-bond donors (Lipinski definition) is 2. The van der Waals surface area contributed by atoms with Crippen LogP contribution in [0.25, 0.3) is 11.3 Å². The highest BCUT2D eigenvalue weighted by Crippen LogP contribution is 2.29. The number of hydrogen-bond acceptors (Lipinski definition) is 6. The number of urea groups is 1. The van der Waals surface area contributed by atoms with Crippen LogP contribution in [0.2, 0.25) is 0 Å². The summed E-state index contributed by atoms with van der Waals surface area (Å²) in [5, 5.41) is 4.96. The van der Waals surface area contributed by atoms with E-state index in [1.807, 2.05) is 40.6 Å². The molecule has 1 saturated heterocycles. The standard InChI is InChI=1S/C16H18N4O3S/c17-16(22)19-14(21)9-20-6-7-23-13(8-20)15-18-12(10-24-15)11-4-2-1-3-5-11/h1-5,10,13H,6-9H2,(H3,17,19,21,22). The van der Waals surface area contributed by atoms with Gasteiger partial charge in [-0.1, -0.05) is 30.3 Å². The van der Waals surface area contributed by atoms with Crippen LogP contribution in [-0.2, 0) is 9.53 Å². The predicted octanol–water partition coefficient (Wildman–Crippen LogP) is 1.38. The normalized spacial score (nSPS) is 18.2. The Morgan fingerprint density at radius 2 is 2.17 bits per heavy atom. The minimum atomic E-state index is -0.836. The molecule has 1 aliphatic rings. The molecule has 1 aromatic carbocycles. The van der Waals surface area contributed by atoms with Gasteiger partial charge in [0, 0.05) is 24.0 Å². The number of imide groups is 1. The van der Waals surface area contributed by atoms with Crippen LogP contribution < -0.4 is 11.1 Å². The second kappa shape index (κ2) is 7.52. The first-order valence-corrected chi connectivity index (χ1v) is 8.44. The van der Waals surface area contributed by atoms with Crippen molar-refractivity contribution in [2.24, 2.45) is 5.73 Å². The third kappa shape index (κ3) is 4.16. The molecule has 0 saturated carbocycles. The van der Waals surface area contributed by atoms with E-state index in [2.05, 4.69) is 10.3 Å². The van der Waals surface area contributed by atoms with Gasteiger partial charge in [0.1, 0.15) is 11.1 Å². The Balaban J connectivity index is 1.64. The van der Waals surface area contributed by atoms with Gasteiger partial charge in [-0.15, -0.1) is 11.3 Å². The van der Waals surface area contributed by atoms with Crippen molar-refractivity contribution >= 4 is 23.3 Å². The van der Waals surface area contributed by atoms with E-state index in [0.29, 0.717) is 19.7 Å². The largest absolute Gasteiger partial charge is 0.368 e. The lowest BCUT2D eigenvalue weighted by atomic mass is 10.2. The number of morpholine rings is 1. The number of nitrogens with zero attached hydrogens (tertiary/aromatic N) is 2. The Bertz CT molecular complexity index is 719. The number of benzene rings is 1. The van der Waals surface area contributed by atoms with Gasteiger partial charge < -0.3 is 10.5 Å². The van der Waals surface area contributed by atoms with Gasteiger partial charge in [-0.25, -0.2) is 9.78 Å². The maximum absolute atomic E-state index is 11.6. The van der Waals surface area contributed by atoms with Crippen LogP contribution in [-0.4, -0.2) is 48.1 Å². The maximum Gasteiger partial charge on any atom is 0.318 e. The fourth-order valence-electron chi connectivity index (χ4n) is 2.55. The van der Waals surface area contributed by atoms with E-state index in [4.69, 9.17) is 10.5 Å². The summed E-state index contributed by atoms with van der Waals surface area (Å²) in [7, 11) is 0. The number of aromatic nitrogens is 1. The molecule has 0 bridgehead atoms. The zero-order valence-corrected chi connectivity index (χ0v) is 13.8. The number of rotatable bonds is 4. The van der Waals surface area contributed by atoms with Crippen LogP contribution in [0.1, 0.15) is 11.1 Å². The lowest BCUT2D eigenvalue weighted by molar-refractivity contribution is -0.123. The summed E-state index contributed by atoms with van der Waals surface area (Å²) in [5.41, 5.74) is 6.94. The molecule has 1 aliphatic heterocycles. The number of ether oxygens (including phenoxy) is 1. The summed E-state index contributed by atoms with van der Waals surface area (Å²) in [6.45, 7) is 1.79. The minimum absolute atomic E-state index is 0.111. The van der Waals surface area contributed by atoms with E-state index in [1.54, 1.807) is 11.3 Å². The third-order valence-electron chi connectivity index (χ3n) is 3.65. The number of carbonyl (C=O) groups is 2. The van der Waals surface area contributed by atoms with E-state index in [9.17, 15) is 9.59 Å². The molecule has 24 heavy (non-hydrogen) atoms. The highest BCUT2D eigenvalue weighted by atomic mass is 32.1. The molecule has 1 atom stereocenters. The molecule has 1 unspecified atom stereocenters. The van der Waals surface area contributed by atoms with Crippen molar-refractivity contribution in [3.63, 3.8) is 0 Å². The van der Waals surface area contributed by atoms with Crippen LogP contribution in [0.3, 0.4) is 0 Å². The molecule has 3 amide bonds. The van der Waals surface area contributed by atoms with Gasteiger partial charge in [-0.05, 0) is 0 Å². The number of thiazole rings is 1. The van der Waals surface area contributed by atoms with Crippen LogP contribution in [0.5, 0.6) is 0 Å². The molecule has 1 fully saturated rings. The molecule has 2 aromatic rings. The fraction of sp³-hybridized carbons (Fsp3) is 0.312. The molecule has 126 valence electrons. The first-order valence-electron chi connectivity index (χ1n) is 7.56. The zero-order chi connectivity index (χ0) is 16.9. The number of nitrogens with two attached hydrogens (primary N) is 1. The van der Waals surface area contributed by atoms with E-state index < -0.39 is 11.9 Å². The van der Waals surface area contributed by atoms with Gasteiger partial charge in [0.25, 0.3) is 0 Å². The van der Waals surface area contributed by atoms with Crippen molar-refractivity contribution in [3.8, 4) is 11.3 Å². The topological polar surface area (TPSA) is 97.5 Å². The molecule has 3 rings (SSSR count). The molecule has 3 N–H and O–H groups in total. The van der Waals surface area contributed by atoms with E-state index in [-0.39, 0.29) is 12.6 Å². The molecule has 0 aliphatic carbocycles. The summed E-state index contributed by atoms with van der Waals surface area (Å²) in [4.78, 5) is 28.9. The van der Waals surface area contributed by atoms with Crippen molar-refractivity contribution in [1.82, 2.24) is 15.2 Å². The second-order valence-corrected chi connectivity index (χ2v) is 6.33. The van der Waals surface area contributed by atoms with E-state index in [1.165, 1.54) is 0 Å². The van der Waals surface area contributed by atoms with Gasteiger partial charge in [0.15, 0.2) is 0 Å². The highest BCUT2D eigenvalue weighted by Gasteiger charge is 2.26. The van der Waals surface area contributed by atoms with Gasteiger partial charge >= 0.3 is 6.03 Å². The Kier molecular flexibility index (Phi) is 5.19. The smallest absolute Gasteiger partial charge is 0.318 e. The van der Waals surface area contributed by atoms with Crippen LogP contribution in [0.4, 0.5) is 4.79 Å². The molecular weight excluding hydrogens is 328 g/mol. The molecule has 1 aromatic heterocycles. The Morgan fingerprint density at radius 3 is 2.92 bits per heavy atom. The first-order chi connectivity index (χ1) is 11.6. The van der Waals surface area contributed by atoms with Gasteiger partial charge in [0.2, 0.25) is 5.91 Å². The molecule has 0 spiro atoms. The Hall–Kier alpha value is -2.29. The molecule has 7 nitrogen and oxygen atoms in total. The lowest BCUT2D eigenvalue weighted by Crippen LogP contribution is -2.46. The summed E-state index contributed by atoms with van der Waals surface area (Å²) in [6.07, 6.45) is -0.178. The third-order valence-corrected chi connectivity index (χ3v) is 4.58. The van der Waals surface area contributed by atoms with Crippen molar-refractivity contribution < 1.29 is 14.3 Å². The lowest BCUT2D eigenvalue weighted by Gasteiger charge is -2.31. The molecular formula is C16H18N4O3S. The fourth-order valence-corrected chi connectivity index (χ4v) is 3.42. The number of carbonyl (C=O) groups excluding carboxylic acids is 2. The number of amides is 3. The van der Waals surface area contributed by atoms with E-state index in [0.717, 1.165) is 16.3 Å². The van der Waals surface area contributed by atoms with Crippen LogP contribution in [0.15, 0.2) is 35.7 Å². The van der Waals surface area contributed by atoms with E-state index >= 15 is 0 Å². The van der Waals surface area contributed by atoms with Gasteiger partial charge in [-0.3, -0.25) is 15.0 Å². The summed E-state index contributed by atoms with van der Waals surface area (Å²) < 4.78 is 5.79. The zero-order valence-electron chi connectivity index (χ0n) is 13.0. The SMILES string of the molecule is NC(=O)NC(=O)CN1CCOC(c2nc(-c3ccccc3)cs2)C1. The van der Waals surface area contributed by atoms with Crippen LogP contribution in [0, 0.1) is 0 Å². The monoisotopic (exact) mass is 346 g/mol. The number of primary amides is 1. The molecule has 8 heteroatoms. The predicted molar refractivity (Wildman–Crippen MR) is 90.4 cm³/mol. The van der Waals surface area contributed by atoms with Crippen molar-refractivity contribution in [2.45, 2.75) is 6.10 Å². The summed E-state index contributed by atoms with van der Waals surface area (Å²) in [6, 6.07) is 9.12. The molecule has 2 heterocycles. The minimum Gasteiger partial charge on any atom is -0.368 e. The Morgan fingerprint density at radius 1 is 1.38 bits per heavy atom. The van der Waals surface area contributed by atoms with Gasteiger partial charge in [0.05, 0.1) is 18.8 Å². The van der Waals surface area contributed by atoms with Crippen molar-refractivity contribution in [1.29, 1.82) is 0 Å². The summed E-state index contributed by atoms with van der Waals surface area (Å²) in [5.74, 6) is -0.410. The average molecular weight is 346 g/mol. The first kappa shape index (κ1) is 16.6. The van der Waals surface area contributed by atoms with Crippen LogP contribution >= 0.6 is 11.3 Å². The van der Waals surface area contributed by atoms with Crippen molar-refractivity contribution in [3.05, 3.63) is 40.7 Å². The quantitative estimate of drug-likeness (QED) is 0.871. The second-order valence-electron chi connectivity index (χ2n) is 5.44.